The summed E-state index contributed by atoms with van der Waals surface area (Å²) < 4.78 is 0. The molecule has 0 radical (unpaired) electrons. The molecule has 0 unspecified atom stereocenters. The van der Waals surface area contributed by atoms with Crippen LogP contribution >= 0.6 is 0 Å². The minimum absolute atomic E-state index is 0.0880. The predicted octanol–water partition coefficient (Wildman–Crippen LogP) is 3.75. The van der Waals surface area contributed by atoms with Gasteiger partial charge in [-0.25, -0.2) is 0 Å². The molecule has 0 aliphatic heterocycles. The number of anilines is 1. The molecule has 1 amide bonds. The number of benzene rings is 1. The van der Waals surface area contributed by atoms with Crippen molar-refractivity contribution in [1.82, 2.24) is 5.32 Å². The molecular weight excluding hydrogens is 284 g/mol. The van der Waals surface area contributed by atoms with Gasteiger partial charge in [0.15, 0.2) is 0 Å². The third-order valence-electron chi connectivity index (χ3n) is 6.31. The number of hydrogen-bond acceptors (Lipinski definition) is 2. The van der Waals surface area contributed by atoms with Gasteiger partial charge in [0.25, 0.3) is 0 Å². The highest BCUT2D eigenvalue weighted by Crippen LogP contribution is 2.55. The largest absolute Gasteiger partial charge is 0.325 e. The van der Waals surface area contributed by atoms with E-state index >= 15 is 0 Å². The summed E-state index contributed by atoms with van der Waals surface area (Å²) in [5.41, 5.74) is 2.47. The lowest BCUT2D eigenvalue weighted by molar-refractivity contribution is -0.116. The van der Waals surface area contributed by atoms with Crippen molar-refractivity contribution < 1.29 is 4.79 Å². The van der Waals surface area contributed by atoms with Crippen molar-refractivity contribution in [3.05, 3.63) is 29.8 Å². The summed E-state index contributed by atoms with van der Waals surface area (Å²) in [7, 11) is 0. The third kappa shape index (κ3) is 3.16. The molecule has 124 valence electrons. The smallest absolute Gasteiger partial charge is 0.238 e. The highest BCUT2D eigenvalue weighted by molar-refractivity contribution is 5.92. The molecule has 5 rings (SSSR count). The van der Waals surface area contributed by atoms with Crippen molar-refractivity contribution in [2.75, 3.05) is 11.9 Å². The van der Waals surface area contributed by atoms with E-state index in [0.29, 0.717) is 6.54 Å². The molecule has 4 aliphatic rings. The number of carbonyl (C=O) groups excluding carboxylic acids is 1. The van der Waals surface area contributed by atoms with Gasteiger partial charge in [-0.15, -0.1) is 0 Å². The zero-order chi connectivity index (χ0) is 15.9. The van der Waals surface area contributed by atoms with Gasteiger partial charge in [0, 0.05) is 11.2 Å². The van der Waals surface area contributed by atoms with Gasteiger partial charge in [-0.05, 0) is 80.4 Å². The molecule has 0 saturated heterocycles. The van der Waals surface area contributed by atoms with Crippen LogP contribution in [-0.2, 0) is 11.2 Å². The molecule has 0 aromatic heterocycles. The first-order valence-electron chi connectivity index (χ1n) is 9.28. The van der Waals surface area contributed by atoms with Gasteiger partial charge in [-0.1, -0.05) is 19.1 Å². The molecule has 4 aliphatic carbocycles. The summed E-state index contributed by atoms with van der Waals surface area (Å²) in [4.78, 5) is 12.3. The highest BCUT2D eigenvalue weighted by Gasteiger charge is 2.50. The molecule has 4 fully saturated rings. The summed E-state index contributed by atoms with van der Waals surface area (Å²) >= 11 is 0. The zero-order valence-corrected chi connectivity index (χ0v) is 14.1. The number of carbonyl (C=O) groups is 1. The van der Waals surface area contributed by atoms with Gasteiger partial charge in [0.05, 0.1) is 6.54 Å². The Labute approximate surface area is 139 Å². The maximum atomic E-state index is 12.3. The van der Waals surface area contributed by atoms with E-state index in [-0.39, 0.29) is 11.4 Å². The van der Waals surface area contributed by atoms with Crippen LogP contribution < -0.4 is 10.6 Å². The van der Waals surface area contributed by atoms with Crippen molar-refractivity contribution in [3.63, 3.8) is 0 Å². The Morgan fingerprint density at radius 3 is 2.13 bits per heavy atom. The first-order chi connectivity index (χ1) is 11.1. The maximum Gasteiger partial charge on any atom is 0.238 e. The summed E-state index contributed by atoms with van der Waals surface area (Å²) in [5, 5.41) is 6.68. The van der Waals surface area contributed by atoms with E-state index in [1.54, 1.807) is 0 Å². The van der Waals surface area contributed by atoms with Gasteiger partial charge in [-0.3, -0.25) is 4.79 Å². The second kappa shape index (κ2) is 5.94. The SMILES string of the molecule is CCc1ccc(NC(=O)CNC23CC4CC(CC(C4)C2)C3)cc1. The van der Waals surface area contributed by atoms with Gasteiger partial charge < -0.3 is 10.6 Å². The van der Waals surface area contributed by atoms with Crippen molar-refractivity contribution in [3.8, 4) is 0 Å². The van der Waals surface area contributed by atoms with Crippen LogP contribution in [0.15, 0.2) is 24.3 Å². The second-order valence-corrected chi connectivity index (χ2v) is 8.15. The standard InChI is InChI=1S/C20H28N2O/c1-2-14-3-5-18(6-4-14)22-19(23)13-21-20-10-15-7-16(11-20)9-17(8-15)12-20/h3-6,15-17,21H,2,7-13H2,1H3,(H,22,23). The summed E-state index contributed by atoms with van der Waals surface area (Å²) in [6.45, 7) is 2.59. The fourth-order valence-corrected chi connectivity index (χ4v) is 5.62. The third-order valence-corrected chi connectivity index (χ3v) is 6.31. The van der Waals surface area contributed by atoms with E-state index in [2.05, 4.69) is 29.7 Å². The molecule has 0 atom stereocenters. The predicted molar refractivity (Wildman–Crippen MR) is 93.4 cm³/mol. The van der Waals surface area contributed by atoms with Gasteiger partial charge in [-0.2, -0.15) is 0 Å². The molecule has 1 aromatic carbocycles. The Bertz CT molecular complexity index is 543. The normalized spacial score (nSPS) is 34.6. The maximum absolute atomic E-state index is 12.3. The monoisotopic (exact) mass is 312 g/mol. The Morgan fingerprint density at radius 2 is 1.61 bits per heavy atom. The van der Waals surface area contributed by atoms with Crippen LogP contribution in [0.2, 0.25) is 0 Å². The van der Waals surface area contributed by atoms with E-state index < -0.39 is 0 Å². The first kappa shape index (κ1) is 15.2. The molecular formula is C20H28N2O. The molecule has 0 heterocycles. The Kier molecular flexibility index (Phi) is 3.92. The highest BCUT2D eigenvalue weighted by atomic mass is 16.1. The van der Waals surface area contributed by atoms with Crippen LogP contribution in [0, 0.1) is 17.8 Å². The molecule has 23 heavy (non-hydrogen) atoms. The molecule has 2 N–H and O–H groups in total. The quantitative estimate of drug-likeness (QED) is 0.869. The fraction of sp³-hybridized carbons (Fsp3) is 0.650. The molecule has 4 bridgehead atoms. The van der Waals surface area contributed by atoms with Crippen molar-refractivity contribution in [2.24, 2.45) is 17.8 Å². The topological polar surface area (TPSA) is 41.1 Å². The number of aryl methyl sites for hydroxylation is 1. The van der Waals surface area contributed by atoms with Crippen LogP contribution in [0.25, 0.3) is 0 Å². The van der Waals surface area contributed by atoms with E-state index in [1.165, 1.54) is 44.1 Å². The minimum atomic E-state index is 0.0880. The van der Waals surface area contributed by atoms with Crippen molar-refractivity contribution in [2.45, 2.75) is 57.4 Å². The zero-order valence-electron chi connectivity index (χ0n) is 14.1. The lowest BCUT2D eigenvalue weighted by Gasteiger charge is -2.57. The van der Waals surface area contributed by atoms with E-state index in [0.717, 1.165) is 29.9 Å². The van der Waals surface area contributed by atoms with E-state index in [1.807, 2.05) is 12.1 Å². The lowest BCUT2D eigenvalue weighted by atomic mass is 9.53. The van der Waals surface area contributed by atoms with Crippen LogP contribution in [0.4, 0.5) is 5.69 Å². The molecule has 3 heteroatoms. The van der Waals surface area contributed by atoms with E-state index in [9.17, 15) is 4.79 Å². The van der Waals surface area contributed by atoms with Gasteiger partial charge in [0.2, 0.25) is 5.91 Å². The summed E-state index contributed by atoms with van der Waals surface area (Å²) in [6.07, 6.45) is 9.22. The summed E-state index contributed by atoms with van der Waals surface area (Å²) in [5.74, 6) is 2.83. The number of hydrogen-bond donors (Lipinski definition) is 2. The van der Waals surface area contributed by atoms with Gasteiger partial charge in [0.1, 0.15) is 0 Å². The summed E-state index contributed by atoms with van der Waals surface area (Å²) in [6, 6.07) is 8.17. The van der Waals surface area contributed by atoms with Crippen LogP contribution in [0.5, 0.6) is 0 Å². The number of rotatable bonds is 5. The van der Waals surface area contributed by atoms with Crippen LogP contribution in [-0.4, -0.2) is 18.0 Å². The molecule has 3 nitrogen and oxygen atoms in total. The fourth-order valence-electron chi connectivity index (χ4n) is 5.62. The minimum Gasteiger partial charge on any atom is -0.325 e. The average Bonchev–Trinajstić information content (AvgIpc) is 2.53. The Hall–Kier alpha value is -1.35. The molecule has 4 saturated carbocycles. The Balaban J connectivity index is 1.32. The lowest BCUT2D eigenvalue weighted by Crippen LogP contribution is -2.59. The average molecular weight is 312 g/mol. The van der Waals surface area contributed by atoms with Crippen molar-refractivity contribution in [1.29, 1.82) is 0 Å². The van der Waals surface area contributed by atoms with Crippen molar-refractivity contribution >= 4 is 11.6 Å². The first-order valence-corrected chi connectivity index (χ1v) is 9.28. The molecule has 0 spiro atoms. The number of amides is 1. The Morgan fingerprint density at radius 1 is 1.04 bits per heavy atom. The van der Waals surface area contributed by atoms with E-state index in [4.69, 9.17) is 0 Å². The second-order valence-electron chi connectivity index (χ2n) is 8.15. The molecule has 1 aromatic rings. The van der Waals surface area contributed by atoms with Crippen LogP contribution in [0.3, 0.4) is 0 Å². The van der Waals surface area contributed by atoms with Crippen LogP contribution in [0.1, 0.15) is 51.0 Å². The number of nitrogens with one attached hydrogen (secondary N) is 2. The van der Waals surface area contributed by atoms with Gasteiger partial charge >= 0.3 is 0 Å².